The molecule has 1 saturated heterocycles. The van der Waals surface area contributed by atoms with Gasteiger partial charge in [0.05, 0.1) is 16.6 Å². The molecule has 9 nitrogen and oxygen atoms in total. The van der Waals surface area contributed by atoms with Crippen LogP contribution in [0.1, 0.15) is 38.4 Å². The molecule has 34 heavy (non-hydrogen) atoms. The zero-order chi connectivity index (χ0) is 24.0. The van der Waals surface area contributed by atoms with Gasteiger partial charge in [0.15, 0.2) is 9.84 Å². The summed E-state index contributed by atoms with van der Waals surface area (Å²) in [6.07, 6.45) is 3.55. The van der Waals surface area contributed by atoms with E-state index < -0.39 is 9.84 Å². The van der Waals surface area contributed by atoms with E-state index >= 15 is 0 Å². The maximum Gasteiger partial charge on any atom is 0.322 e. The standard InChI is InChI=1S/C23H30N6O3S2/c1-14(2)29-23(32-18-6-5-7-19(11-18)34(4,30)31)25-22(26-29)24-21-16-8-9-17(21)13-28(12-16)20-10-15(3)27-33-20/h5-7,10-11,14,16-17,21H,8-9,12-13H2,1-4H3,(H,24,26)/t16-,17+,21+. The van der Waals surface area contributed by atoms with Gasteiger partial charge in [-0.15, -0.1) is 5.10 Å². The molecule has 11 heteroatoms. The fourth-order valence-corrected chi connectivity index (χ4v) is 6.37. The maximum atomic E-state index is 11.9. The molecule has 1 aliphatic carbocycles. The van der Waals surface area contributed by atoms with Crippen LogP contribution in [-0.2, 0) is 9.84 Å². The number of benzene rings is 1. The summed E-state index contributed by atoms with van der Waals surface area (Å²) >= 11 is 1.58. The van der Waals surface area contributed by atoms with Gasteiger partial charge in [-0.3, -0.25) is 0 Å². The number of sulfone groups is 1. The molecule has 0 radical (unpaired) electrons. The maximum absolute atomic E-state index is 11.9. The quantitative estimate of drug-likeness (QED) is 0.514. The Morgan fingerprint density at radius 2 is 1.91 bits per heavy atom. The third-order valence-electron chi connectivity index (χ3n) is 6.59. The van der Waals surface area contributed by atoms with Crippen molar-refractivity contribution >= 4 is 32.3 Å². The fourth-order valence-electron chi connectivity index (χ4n) is 4.94. The number of anilines is 2. The summed E-state index contributed by atoms with van der Waals surface area (Å²) in [6.45, 7) is 8.07. The van der Waals surface area contributed by atoms with E-state index in [9.17, 15) is 8.42 Å². The summed E-state index contributed by atoms with van der Waals surface area (Å²) in [7, 11) is -3.33. The van der Waals surface area contributed by atoms with Gasteiger partial charge in [0.25, 0.3) is 0 Å². The topological polar surface area (TPSA) is 102 Å². The summed E-state index contributed by atoms with van der Waals surface area (Å²) in [4.78, 5) is 7.31. The number of rotatable bonds is 7. The van der Waals surface area contributed by atoms with Crippen LogP contribution in [0.2, 0.25) is 0 Å². The molecule has 3 aromatic rings. The van der Waals surface area contributed by atoms with E-state index in [1.54, 1.807) is 34.4 Å². The van der Waals surface area contributed by atoms with Crippen LogP contribution in [-0.4, -0.2) is 52.9 Å². The molecule has 2 aromatic heterocycles. The number of hydrogen-bond acceptors (Lipinski definition) is 9. The van der Waals surface area contributed by atoms with Crippen LogP contribution in [0.3, 0.4) is 0 Å². The molecule has 2 bridgehead atoms. The van der Waals surface area contributed by atoms with Gasteiger partial charge >= 0.3 is 6.01 Å². The molecule has 1 aromatic carbocycles. The van der Waals surface area contributed by atoms with Crippen molar-refractivity contribution in [3.05, 3.63) is 36.0 Å². The molecule has 0 unspecified atom stereocenters. The summed E-state index contributed by atoms with van der Waals surface area (Å²) in [5.41, 5.74) is 1.07. The smallest absolute Gasteiger partial charge is 0.322 e. The Balaban J connectivity index is 1.33. The van der Waals surface area contributed by atoms with Gasteiger partial charge in [-0.1, -0.05) is 6.07 Å². The van der Waals surface area contributed by atoms with Crippen LogP contribution < -0.4 is 15.0 Å². The second-order valence-corrected chi connectivity index (χ2v) is 12.4. The third kappa shape index (κ3) is 4.63. The Bertz CT molecular complexity index is 1270. The van der Waals surface area contributed by atoms with Crippen molar-refractivity contribution in [3.63, 3.8) is 0 Å². The highest BCUT2D eigenvalue weighted by molar-refractivity contribution is 7.90. The minimum atomic E-state index is -3.33. The number of hydrogen-bond donors (Lipinski definition) is 1. The number of aromatic nitrogens is 4. The average Bonchev–Trinajstić information content (AvgIpc) is 3.44. The van der Waals surface area contributed by atoms with Crippen LogP contribution >= 0.6 is 11.5 Å². The minimum absolute atomic E-state index is 0.0317. The van der Waals surface area contributed by atoms with Crippen LogP contribution in [0, 0.1) is 18.8 Å². The number of piperidine rings is 1. The molecule has 1 saturated carbocycles. The lowest BCUT2D eigenvalue weighted by Gasteiger charge is -2.38. The first-order valence-corrected chi connectivity index (χ1v) is 14.2. The molecule has 0 amide bonds. The predicted molar refractivity (Wildman–Crippen MR) is 133 cm³/mol. The Labute approximate surface area is 204 Å². The number of nitrogens with one attached hydrogen (secondary N) is 1. The van der Waals surface area contributed by atoms with Crippen molar-refractivity contribution in [2.75, 3.05) is 29.6 Å². The first-order valence-electron chi connectivity index (χ1n) is 11.6. The molecule has 1 aliphatic heterocycles. The second-order valence-electron chi connectivity index (χ2n) is 9.58. The van der Waals surface area contributed by atoms with Gasteiger partial charge in [0.2, 0.25) is 5.95 Å². The molecule has 3 atom stereocenters. The normalized spacial score (nSPS) is 22.4. The molecule has 0 spiro atoms. The van der Waals surface area contributed by atoms with Crippen molar-refractivity contribution in [1.82, 2.24) is 19.1 Å². The van der Waals surface area contributed by atoms with E-state index in [1.165, 1.54) is 30.2 Å². The predicted octanol–water partition coefficient (Wildman–Crippen LogP) is 4.15. The lowest BCUT2D eigenvalue weighted by molar-refractivity contribution is 0.374. The van der Waals surface area contributed by atoms with E-state index in [-0.39, 0.29) is 10.9 Å². The molecule has 5 rings (SSSR count). The van der Waals surface area contributed by atoms with Crippen LogP contribution in [0.25, 0.3) is 0 Å². The van der Waals surface area contributed by atoms with Gasteiger partial charge in [0.1, 0.15) is 10.8 Å². The van der Waals surface area contributed by atoms with Crippen LogP contribution in [0.15, 0.2) is 35.2 Å². The van der Waals surface area contributed by atoms with E-state index in [0.717, 1.165) is 18.8 Å². The van der Waals surface area contributed by atoms with Gasteiger partial charge in [-0.25, -0.2) is 13.1 Å². The van der Waals surface area contributed by atoms with Crippen molar-refractivity contribution in [3.8, 4) is 11.8 Å². The Morgan fingerprint density at radius 1 is 1.18 bits per heavy atom. The first-order chi connectivity index (χ1) is 16.2. The highest BCUT2D eigenvalue weighted by atomic mass is 32.2. The number of aryl methyl sites for hydroxylation is 1. The molecular formula is C23H30N6O3S2. The lowest BCUT2D eigenvalue weighted by Crippen LogP contribution is -2.48. The largest absolute Gasteiger partial charge is 0.424 e. The monoisotopic (exact) mass is 502 g/mol. The van der Waals surface area contributed by atoms with Gasteiger partial charge in [0, 0.05) is 25.4 Å². The van der Waals surface area contributed by atoms with Crippen molar-refractivity contribution in [2.24, 2.45) is 11.8 Å². The van der Waals surface area contributed by atoms with E-state index in [2.05, 4.69) is 30.7 Å². The summed E-state index contributed by atoms with van der Waals surface area (Å²) < 4.78 is 36.0. The molecular weight excluding hydrogens is 472 g/mol. The van der Waals surface area contributed by atoms with Crippen LogP contribution in [0.5, 0.6) is 11.8 Å². The summed E-state index contributed by atoms with van der Waals surface area (Å²) in [5.74, 6) is 2.00. The molecule has 1 N–H and O–H groups in total. The summed E-state index contributed by atoms with van der Waals surface area (Å²) in [6, 6.07) is 9.31. The zero-order valence-electron chi connectivity index (χ0n) is 19.8. The Morgan fingerprint density at radius 3 is 2.53 bits per heavy atom. The SMILES string of the molecule is Cc1cc(N2C[C@H]3CC[C@@H](C2)[C@H]3Nc2nc(Oc3cccc(S(C)(=O)=O)c3)n(C(C)C)n2)sn1. The van der Waals surface area contributed by atoms with Gasteiger partial charge in [-0.2, -0.15) is 9.36 Å². The van der Waals surface area contributed by atoms with E-state index in [1.807, 2.05) is 20.8 Å². The first kappa shape index (κ1) is 23.1. The minimum Gasteiger partial charge on any atom is -0.424 e. The van der Waals surface area contributed by atoms with Crippen LogP contribution in [0.4, 0.5) is 10.9 Å². The Kier molecular flexibility index (Phi) is 6.01. The van der Waals surface area contributed by atoms with E-state index in [0.29, 0.717) is 35.6 Å². The van der Waals surface area contributed by atoms with Gasteiger partial charge < -0.3 is 15.0 Å². The Hall–Kier alpha value is -2.66. The third-order valence-corrected chi connectivity index (χ3v) is 8.64. The van der Waals surface area contributed by atoms with Gasteiger partial charge in [-0.05, 0) is 81.2 Å². The fraction of sp³-hybridized carbons (Fsp3) is 0.522. The number of ether oxygens (including phenoxy) is 1. The molecule has 2 fully saturated rings. The van der Waals surface area contributed by atoms with Crippen molar-refractivity contribution in [1.29, 1.82) is 0 Å². The zero-order valence-corrected chi connectivity index (χ0v) is 21.4. The summed E-state index contributed by atoms with van der Waals surface area (Å²) in [5, 5.41) is 9.53. The molecule has 2 aliphatic rings. The van der Waals surface area contributed by atoms with Crippen molar-refractivity contribution in [2.45, 2.75) is 50.6 Å². The highest BCUT2D eigenvalue weighted by Crippen LogP contribution is 2.41. The highest BCUT2D eigenvalue weighted by Gasteiger charge is 2.43. The second kappa shape index (κ2) is 8.84. The van der Waals surface area contributed by atoms with E-state index in [4.69, 9.17) is 4.74 Å². The number of fused-ring (bicyclic) bond motifs is 2. The van der Waals surface area contributed by atoms with Crippen molar-refractivity contribution < 1.29 is 13.2 Å². The average molecular weight is 503 g/mol. The number of nitrogens with zero attached hydrogens (tertiary/aromatic N) is 5. The molecule has 182 valence electrons. The lowest BCUT2D eigenvalue weighted by atomic mass is 9.92. The molecule has 3 heterocycles.